The Morgan fingerprint density at radius 1 is 1.12 bits per heavy atom. The molecule has 10 heteroatoms. The number of hydrazine groups is 1. The lowest BCUT2D eigenvalue weighted by molar-refractivity contribution is -0.134. The van der Waals surface area contributed by atoms with E-state index in [0.717, 1.165) is 57.9 Å². The molecule has 2 saturated heterocycles. The van der Waals surface area contributed by atoms with Crippen molar-refractivity contribution in [3.63, 3.8) is 0 Å². The molecular formula is C22H40N6O4. The molecule has 0 spiro atoms. The molecule has 5 atom stereocenters. The number of ether oxygens (including phenoxy) is 1. The monoisotopic (exact) mass is 452 g/mol. The van der Waals surface area contributed by atoms with Crippen LogP contribution >= 0.6 is 0 Å². The Hall–Kier alpha value is -1.30. The minimum atomic E-state index is -0.295. The van der Waals surface area contributed by atoms with Crippen LogP contribution in [-0.2, 0) is 19.2 Å². The third kappa shape index (κ3) is 6.18. The van der Waals surface area contributed by atoms with Gasteiger partial charge < -0.3 is 15.4 Å². The molecular weight excluding hydrogens is 412 g/mol. The van der Waals surface area contributed by atoms with E-state index in [4.69, 9.17) is 9.57 Å². The van der Waals surface area contributed by atoms with Crippen LogP contribution in [-0.4, -0.2) is 56.7 Å². The average molecular weight is 453 g/mol. The smallest absolute Gasteiger partial charge is 0.237 e. The lowest BCUT2D eigenvalue weighted by atomic mass is 9.76. The van der Waals surface area contributed by atoms with Crippen molar-refractivity contribution in [3.8, 4) is 0 Å². The zero-order chi connectivity index (χ0) is 22.3. The van der Waals surface area contributed by atoms with Gasteiger partial charge in [-0.25, -0.2) is 5.43 Å². The second-order valence-corrected chi connectivity index (χ2v) is 9.67. The van der Waals surface area contributed by atoms with Crippen LogP contribution < -0.4 is 32.3 Å². The van der Waals surface area contributed by atoms with Crippen molar-refractivity contribution in [3.05, 3.63) is 0 Å². The van der Waals surface area contributed by atoms with Gasteiger partial charge in [-0.3, -0.25) is 25.2 Å². The third-order valence-electron chi connectivity index (χ3n) is 7.57. The van der Waals surface area contributed by atoms with Crippen LogP contribution in [0.5, 0.6) is 0 Å². The number of carbonyl (C=O) groups excluding carboxylic acids is 2. The van der Waals surface area contributed by atoms with Gasteiger partial charge in [0.05, 0.1) is 24.9 Å². The van der Waals surface area contributed by atoms with Gasteiger partial charge in [-0.15, -0.1) is 0 Å². The number of amides is 2. The Bertz CT molecular complexity index is 630. The normalized spacial score (nSPS) is 37.5. The number of hydrogen-bond acceptors (Lipinski definition) is 8. The number of hydrogen-bond donors (Lipinski definition) is 6. The molecule has 2 aliphatic carbocycles. The molecule has 4 fully saturated rings. The van der Waals surface area contributed by atoms with Crippen molar-refractivity contribution in [1.82, 2.24) is 32.3 Å². The molecule has 5 unspecified atom stereocenters. The van der Waals surface area contributed by atoms with E-state index in [9.17, 15) is 9.59 Å². The van der Waals surface area contributed by atoms with Crippen LogP contribution in [0.1, 0.15) is 64.2 Å². The fourth-order valence-corrected chi connectivity index (χ4v) is 5.66. The summed E-state index contributed by atoms with van der Waals surface area (Å²) in [6.45, 7) is 1.40. The van der Waals surface area contributed by atoms with Crippen molar-refractivity contribution >= 4 is 11.8 Å². The summed E-state index contributed by atoms with van der Waals surface area (Å²) in [5.41, 5.74) is 9.00. The Labute approximate surface area is 190 Å². The number of rotatable bonds is 9. The van der Waals surface area contributed by atoms with E-state index in [1.165, 1.54) is 6.42 Å². The van der Waals surface area contributed by atoms with E-state index in [1.807, 2.05) is 0 Å². The maximum Gasteiger partial charge on any atom is 0.237 e. The number of fused-ring (bicyclic) bond motifs is 1. The standard InChI is InChI=1S/C22H40N6O4/c1-31-15-9-7-14(8-10-15)20-25-19(32-28-20)13-18(29)23-11-4-12-24-21-16-5-2-3-6-17(16)22(30)27-26-21/h14-17,19-21,24-26,28H,2-13H2,1H3,(H,23,29)(H,27,30). The summed E-state index contributed by atoms with van der Waals surface area (Å²) in [6.07, 6.45) is 10.1. The number of nitrogens with one attached hydrogen (secondary N) is 6. The molecule has 0 radical (unpaired) electrons. The van der Waals surface area contributed by atoms with E-state index >= 15 is 0 Å². The molecule has 4 rings (SSSR count). The fraction of sp³-hybridized carbons (Fsp3) is 0.909. The maximum absolute atomic E-state index is 12.3. The molecule has 2 saturated carbocycles. The molecule has 6 N–H and O–H groups in total. The third-order valence-corrected chi connectivity index (χ3v) is 7.57. The Balaban J connectivity index is 1.07. The van der Waals surface area contributed by atoms with Crippen molar-refractivity contribution in [2.75, 3.05) is 20.2 Å². The minimum Gasteiger partial charge on any atom is -0.381 e. The maximum atomic E-state index is 12.3. The Morgan fingerprint density at radius 3 is 2.75 bits per heavy atom. The van der Waals surface area contributed by atoms with Gasteiger partial charge in [0.1, 0.15) is 6.23 Å². The second-order valence-electron chi connectivity index (χ2n) is 9.67. The summed E-state index contributed by atoms with van der Waals surface area (Å²) in [5.74, 6) is 1.09. The molecule has 10 nitrogen and oxygen atoms in total. The van der Waals surface area contributed by atoms with Crippen molar-refractivity contribution in [2.24, 2.45) is 17.8 Å². The molecule has 2 aliphatic heterocycles. The number of methoxy groups -OCH3 is 1. The molecule has 4 aliphatic rings. The van der Waals surface area contributed by atoms with Gasteiger partial charge in [-0.1, -0.05) is 12.8 Å². The van der Waals surface area contributed by atoms with Crippen molar-refractivity contribution in [1.29, 1.82) is 0 Å². The summed E-state index contributed by atoms with van der Waals surface area (Å²) < 4.78 is 5.44. The zero-order valence-corrected chi connectivity index (χ0v) is 19.2. The quantitative estimate of drug-likeness (QED) is 0.275. The molecule has 0 bridgehead atoms. The predicted octanol–water partition coefficient (Wildman–Crippen LogP) is 0.221. The summed E-state index contributed by atoms with van der Waals surface area (Å²) in [6, 6.07) is 0. The van der Waals surface area contributed by atoms with Crippen LogP contribution in [0, 0.1) is 17.8 Å². The van der Waals surface area contributed by atoms with E-state index in [2.05, 4.69) is 32.3 Å². The molecule has 0 aromatic heterocycles. The summed E-state index contributed by atoms with van der Waals surface area (Å²) in [4.78, 5) is 29.9. The summed E-state index contributed by atoms with van der Waals surface area (Å²) in [7, 11) is 1.78. The largest absolute Gasteiger partial charge is 0.381 e. The van der Waals surface area contributed by atoms with Gasteiger partial charge in [-0.2, -0.15) is 5.48 Å². The van der Waals surface area contributed by atoms with E-state index in [-0.39, 0.29) is 36.3 Å². The van der Waals surface area contributed by atoms with E-state index < -0.39 is 0 Å². The van der Waals surface area contributed by atoms with Gasteiger partial charge in [-0.05, 0) is 57.4 Å². The van der Waals surface area contributed by atoms with Crippen LogP contribution in [0.4, 0.5) is 0 Å². The van der Waals surface area contributed by atoms with Gasteiger partial charge in [0, 0.05) is 25.5 Å². The van der Waals surface area contributed by atoms with Crippen LogP contribution in [0.15, 0.2) is 0 Å². The Kier molecular flexibility index (Phi) is 8.73. The fourth-order valence-electron chi connectivity index (χ4n) is 5.66. The van der Waals surface area contributed by atoms with Gasteiger partial charge in [0.25, 0.3) is 0 Å². The first-order valence-electron chi connectivity index (χ1n) is 12.4. The van der Waals surface area contributed by atoms with E-state index in [0.29, 0.717) is 30.9 Å². The lowest BCUT2D eigenvalue weighted by Crippen LogP contribution is -2.64. The Morgan fingerprint density at radius 2 is 1.94 bits per heavy atom. The molecule has 32 heavy (non-hydrogen) atoms. The highest BCUT2D eigenvalue weighted by Crippen LogP contribution is 2.33. The SMILES string of the molecule is COC1CCC(C2NOC(CC(=O)NCCCNC3NNC(=O)C4CCCCC34)N2)CC1. The molecule has 2 amide bonds. The van der Waals surface area contributed by atoms with Gasteiger partial charge >= 0.3 is 0 Å². The second kappa shape index (κ2) is 11.7. The van der Waals surface area contributed by atoms with Crippen molar-refractivity contribution in [2.45, 2.75) is 88.9 Å². The first-order valence-corrected chi connectivity index (χ1v) is 12.4. The first kappa shape index (κ1) is 23.8. The molecule has 182 valence electrons. The van der Waals surface area contributed by atoms with Gasteiger partial charge in [0.15, 0.2) is 0 Å². The zero-order valence-electron chi connectivity index (χ0n) is 19.2. The number of carbonyl (C=O) groups is 2. The highest BCUT2D eigenvalue weighted by Gasteiger charge is 2.39. The lowest BCUT2D eigenvalue weighted by Gasteiger charge is -2.41. The summed E-state index contributed by atoms with van der Waals surface area (Å²) in [5, 5.41) is 9.90. The molecule has 0 aromatic carbocycles. The van der Waals surface area contributed by atoms with Gasteiger partial charge in [0.2, 0.25) is 11.8 Å². The van der Waals surface area contributed by atoms with Crippen LogP contribution in [0.25, 0.3) is 0 Å². The van der Waals surface area contributed by atoms with Crippen LogP contribution in [0.3, 0.4) is 0 Å². The molecule has 2 heterocycles. The number of hydroxylamine groups is 1. The summed E-state index contributed by atoms with van der Waals surface area (Å²) >= 11 is 0. The average Bonchev–Trinajstić information content (AvgIpc) is 3.29. The topological polar surface area (TPSA) is 125 Å². The predicted molar refractivity (Wildman–Crippen MR) is 118 cm³/mol. The van der Waals surface area contributed by atoms with Crippen LogP contribution in [0.2, 0.25) is 0 Å². The molecule has 0 aromatic rings. The highest BCUT2D eigenvalue weighted by molar-refractivity contribution is 5.79. The highest BCUT2D eigenvalue weighted by atomic mass is 16.7. The first-order chi connectivity index (χ1) is 15.6. The minimum absolute atomic E-state index is 0.0107. The van der Waals surface area contributed by atoms with Crippen molar-refractivity contribution < 1.29 is 19.2 Å². The van der Waals surface area contributed by atoms with E-state index in [1.54, 1.807) is 7.11 Å².